The van der Waals surface area contributed by atoms with Crippen molar-refractivity contribution in [3.05, 3.63) is 218 Å². The molecule has 2 heteroatoms. The molecule has 0 radical (unpaired) electrons. The van der Waals surface area contributed by atoms with Crippen LogP contribution in [0.4, 0.5) is 34.1 Å². The Kier molecular flexibility index (Phi) is 7.53. The van der Waals surface area contributed by atoms with Crippen molar-refractivity contribution in [3.8, 4) is 33.4 Å². The van der Waals surface area contributed by atoms with E-state index in [9.17, 15) is 0 Å². The molecule has 0 spiro atoms. The molecule has 1 aliphatic heterocycles. The molecule has 0 aliphatic carbocycles. The van der Waals surface area contributed by atoms with E-state index < -0.39 is 0 Å². The van der Waals surface area contributed by atoms with Gasteiger partial charge in [-0.1, -0.05) is 164 Å². The molecule has 0 fully saturated rings. The van der Waals surface area contributed by atoms with Crippen molar-refractivity contribution >= 4 is 66.4 Å². The summed E-state index contributed by atoms with van der Waals surface area (Å²) in [5.41, 5.74) is 14.1. The van der Waals surface area contributed by atoms with Gasteiger partial charge in [-0.3, -0.25) is 0 Å². The van der Waals surface area contributed by atoms with Gasteiger partial charge < -0.3 is 9.80 Å². The van der Waals surface area contributed by atoms with Crippen molar-refractivity contribution in [1.29, 1.82) is 0 Å². The molecule has 0 aromatic heterocycles. The second-order valence-electron chi connectivity index (χ2n) is 14.5. The maximum Gasteiger partial charge on any atom is 0.0703 e. The van der Waals surface area contributed by atoms with Crippen LogP contribution in [0.2, 0.25) is 0 Å². The molecule has 10 aromatic rings. The van der Waals surface area contributed by atoms with Crippen molar-refractivity contribution in [2.45, 2.75) is 0 Å². The molecule has 262 valence electrons. The van der Waals surface area contributed by atoms with Gasteiger partial charge in [0.1, 0.15) is 0 Å². The molecular formula is C54H36N2. The quantitative estimate of drug-likeness (QED) is 0.164. The smallest absolute Gasteiger partial charge is 0.0703 e. The third kappa shape index (κ3) is 5.04. The third-order valence-corrected chi connectivity index (χ3v) is 11.3. The Bertz CT molecular complexity index is 3010. The molecule has 0 bridgehead atoms. The molecule has 10 aromatic carbocycles. The highest BCUT2D eigenvalue weighted by Crippen LogP contribution is 2.55. The molecule has 1 aliphatic rings. The highest BCUT2D eigenvalue weighted by Gasteiger charge is 2.30. The van der Waals surface area contributed by atoms with Gasteiger partial charge in [-0.25, -0.2) is 0 Å². The number of fused-ring (bicyclic) bond motifs is 8. The fraction of sp³-hybridized carbons (Fsp3) is 0. The highest BCUT2D eigenvalue weighted by atomic mass is 15.3. The molecule has 1 heterocycles. The molecule has 0 saturated carbocycles. The van der Waals surface area contributed by atoms with E-state index in [1.807, 2.05) is 0 Å². The van der Waals surface area contributed by atoms with Gasteiger partial charge in [-0.15, -0.1) is 0 Å². The van der Waals surface area contributed by atoms with Gasteiger partial charge in [0.15, 0.2) is 0 Å². The fourth-order valence-corrected chi connectivity index (χ4v) is 8.95. The maximum atomic E-state index is 2.44. The predicted octanol–water partition coefficient (Wildman–Crippen LogP) is 15.4. The summed E-state index contributed by atoms with van der Waals surface area (Å²) < 4.78 is 0. The minimum Gasteiger partial charge on any atom is -0.306 e. The predicted molar refractivity (Wildman–Crippen MR) is 238 cm³/mol. The average Bonchev–Trinajstić information content (AvgIpc) is 3.28. The highest BCUT2D eigenvalue weighted by molar-refractivity contribution is 6.33. The van der Waals surface area contributed by atoms with E-state index in [1.165, 1.54) is 65.7 Å². The van der Waals surface area contributed by atoms with Crippen molar-refractivity contribution in [2.75, 3.05) is 9.80 Å². The first-order valence-electron chi connectivity index (χ1n) is 19.3. The lowest BCUT2D eigenvalue weighted by atomic mass is 9.81. The molecule has 0 atom stereocenters. The molecule has 0 amide bonds. The van der Waals surface area contributed by atoms with Gasteiger partial charge in [0.25, 0.3) is 0 Å². The third-order valence-electron chi connectivity index (χ3n) is 11.3. The van der Waals surface area contributed by atoms with Crippen LogP contribution in [-0.2, 0) is 0 Å². The first-order chi connectivity index (χ1) is 27.8. The molecular weight excluding hydrogens is 677 g/mol. The van der Waals surface area contributed by atoms with E-state index in [0.717, 1.165) is 34.1 Å². The Morgan fingerprint density at radius 2 is 0.625 bits per heavy atom. The normalized spacial score (nSPS) is 12.2. The summed E-state index contributed by atoms with van der Waals surface area (Å²) in [6.07, 6.45) is 0. The summed E-state index contributed by atoms with van der Waals surface area (Å²) in [7, 11) is 0. The van der Waals surface area contributed by atoms with Gasteiger partial charge in [-0.05, 0) is 120 Å². The second kappa shape index (κ2) is 13.2. The van der Waals surface area contributed by atoms with Crippen LogP contribution in [-0.4, -0.2) is 0 Å². The Labute approximate surface area is 326 Å². The zero-order chi connectivity index (χ0) is 37.0. The van der Waals surface area contributed by atoms with E-state index in [1.54, 1.807) is 0 Å². The topological polar surface area (TPSA) is 6.48 Å². The Morgan fingerprint density at radius 3 is 1.12 bits per heavy atom. The standard InChI is InChI=1S/C54H36N2/c1-4-18-37(19-5-1)46-36-47(38-20-6-2-7-21-38)53-44-26-12-10-24-42(44)43-25-11-13-27-45(43)54(53)52(46)39-32-34-41(35-33-39)56-50-30-16-14-28-48(50)55(40-22-8-3-9-23-40)49-29-15-17-31-51(49)56/h1-36H. The van der Waals surface area contributed by atoms with E-state index in [4.69, 9.17) is 0 Å². The largest absolute Gasteiger partial charge is 0.306 e. The zero-order valence-electron chi connectivity index (χ0n) is 30.7. The van der Waals surface area contributed by atoms with Gasteiger partial charge in [0.2, 0.25) is 0 Å². The number of para-hydroxylation sites is 5. The first kappa shape index (κ1) is 32.0. The maximum absolute atomic E-state index is 2.44. The number of hydrogen-bond donors (Lipinski definition) is 0. The first-order valence-corrected chi connectivity index (χ1v) is 19.3. The number of hydrogen-bond acceptors (Lipinski definition) is 2. The van der Waals surface area contributed by atoms with Crippen molar-refractivity contribution in [2.24, 2.45) is 0 Å². The van der Waals surface area contributed by atoms with Crippen LogP contribution in [0.5, 0.6) is 0 Å². The van der Waals surface area contributed by atoms with Crippen LogP contribution in [0.1, 0.15) is 0 Å². The summed E-state index contributed by atoms with van der Waals surface area (Å²) in [6, 6.07) is 79.5. The van der Waals surface area contributed by atoms with Crippen LogP contribution in [0.25, 0.3) is 65.7 Å². The average molecular weight is 713 g/mol. The lowest BCUT2D eigenvalue weighted by Crippen LogP contribution is -2.23. The summed E-state index contributed by atoms with van der Waals surface area (Å²) in [6.45, 7) is 0. The van der Waals surface area contributed by atoms with E-state index in [-0.39, 0.29) is 0 Å². The van der Waals surface area contributed by atoms with Crippen molar-refractivity contribution in [1.82, 2.24) is 0 Å². The summed E-state index contributed by atoms with van der Waals surface area (Å²) >= 11 is 0. The van der Waals surface area contributed by atoms with E-state index in [2.05, 4.69) is 228 Å². The van der Waals surface area contributed by atoms with E-state index in [0.29, 0.717) is 0 Å². The van der Waals surface area contributed by atoms with Crippen LogP contribution in [0.3, 0.4) is 0 Å². The van der Waals surface area contributed by atoms with Crippen molar-refractivity contribution < 1.29 is 0 Å². The second-order valence-corrected chi connectivity index (χ2v) is 14.5. The molecule has 0 unspecified atom stereocenters. The molecule has 11 rings (SSSR count). The van der Waals surface area contributed by atoms with Crippen LogP contribution in [0, 0.1) is 0 Å². The summed E-state index contributed by atoms with van der Waals surface area (Å²) in [5.74, 6) is 0. The van der Waals surface area contributed by atoms with Crippen LogP contribution in [0.15, 0.2) is 218 Å². The molecule has 2 nitrogen and oxygen atoms in total. The van der Waals surface area contributed by atoms with Crippen LogP contribution < -0.4 is 9.80 Å². The number of benzene rings is 10. The Balaban J connectivity index is 1.18. The fourth-order valence-electron chi connectivity index (χ4n) is 8.95. The summed E-state index contributed by atoms with van der Waals surface area (Å²) in [5, 5.41) is 7.62. The SMILES string of the molecule is c1ccc(-c2cc(-c3ccccc3)c3c4ccccc4c4ccccc4c3c2-c2ccc(N3c4ccccc4N(c4ccccc4)c4ccccc43)cc2)cc1. The van der Waals surface area contributed by atoms with Crippen molar-refractivity contribution in [3.63, 3.8) is 0 Å². The lowest BCUT2D eigenvalue weighted by Gasteiger charge is -2.40. The number of anilines is 6. The summed E-state index contributed by atoms with van der Waals surface area (Å²) in [4.78, 5) is 4.78. The van der Waals surface area contributed by atoms with Gasteiger partial charge in [-0.2, -0.15) is 0 Å². The number of rotatable bonds is 5. The van der Waals surface area contributed by atoms with E-state index >= 15 is 0 Å². The minimum atomic E-state index is 1.11. The zero-order valence-corrected chi connectivity index (χ0v) is 30.7. The molecule has 0 N–H and O–H groups in total. The molecule has 0 saturated heterocycles. The van der Waals surface area contributed by atoms with Gasteiger partial charge in [0.05, 0.1) is 22.7 Å². The van der Waals surface area contributed by atoms with Crippen LogP contribution >= 0.6 is 0 Å². The minimum absolute atomic E-state index is 1.11. The monoisotopic (exact) mass is 712 g/mol. The number of nitrogens with zero attached hydrogens (tertiary/aromatic N) is 2. The Morgan fingerprint density at radius 1 is 0.250 bits per heavy atom. The van der Waals surface area contributed by atoms with Gasteiger partial charge in [0, 0.05) is 11.4 Å². The van der Waals surface area contributed by atoms with Gasteiger partial charge >= 0.3 is 0 Å². The Hall–Kier alpha value is -7.42. The molecule has 56 heavy (non-hydrogen) atoms. The lowest BCUT2D eigenvalue weighted by molar-refractivity contribution is 1.17.